The molecule has 0 saturated carbocycles. The van der Waals surface area contributed by atoms with Gasteiger partial charge in [-0.1, -0.05) is 24.3 Å². The van der Waals surface area contributed by atoms with E-state index < -0.39 is 0 Å². The van der Waals surface area contributed by atoms with Gasteiger partial charge in [0.1, 0.15) is 5.75 Å². The molecule has 3 aromatic rings. The van der Waals surface area contributed by atoms with Crippen molar-refractivity contribution in [1.29, 1.82) is 0 Å². The van der Waals surface area contributed by atoms with Crippen LogP contribution in [0.25, 0.3) is 10.9 Å². The summed E-state index contributed by atoms with van der Waals surface area (Å²) in [6, 6.07) is 13.9. The van der Waals surface area contributed by atoms with Crippen LogP contribution in [0.1, 0.15) is 30.4 Å². The van der Waals surface area contributed by atoms with Crippen LogP contribution in [0.3, 0.4) is 0 Å². The van der Waals surface area contributed by atoms with Crippen LogP contribution in [0.15, 0.2) is 53.6 Å². The van der Waals surface area contributed by atoms with E-state index in [1.54, 1.807) is 19.5 Å². The first-order chi connectivity index (χ1) is 15.5. The number of carbonyl (C=O) groups excluding carboxylic acids is 1. The average molecular weight is 435 g/mol. The number of methoxy groups -OCH3 is 1. The highest BCUT2D eigenvalue weighted by atomic mass is 16.5. The van der Waals surface area contributed by atoms with Crippen LogP contribution in [0.2, 0.25) is 0 Å². The van der Waals surface area contributed by atoms with Gasteiger partial charge in [0.2, 0.25) is 5.91 Å². The standard InChI is InChI=1S/C25H30N4O3/c1-18-5-3-8-22-24(18)26-17-29(25(22)31)14-11-23(30)27-20-9-12-28(13-10-20)16-19-6-4-7-21(15-19)32-2/h3-8,15,17,20H,9-14,16H2,1-2H3,(H,27,30). The summed E-state index contributed by atoms with van der Waals surface area (Å²) in [7, 11) is 1.68. The summed E-state index contributed by atoms with van der Waals surface area (Å²) in [6.07, 6.45) is 3.66. The second-order valence-corrected chi connectivity index (χ2v) is 8.43. The van der Waals surface area contributed by atoms with Crippen LogP contribution in [0.5, 0.6) is 5.75 Å². The van der Waals surface area contributed by atoms with Crippen molar-refractivity contribution in [3.63, 3.8) is 0 Å². The smallest absolute Gasteiger partial charge is 0.261 e. The zero-order valence-electron chi connectivity index (χ0n) is 18.7. The van der Waals surface area contributed by atoms with E-state index in [9.17, 15) is 9.59 Å². The minimum Gasteiger partial charge on any atom is -0.497 e. The van der Waals surface area contributed by atoms with Crippen LogP contribution in [-0.2, 0) is 17.9 Å². The number of aryl methyl sites for hydroxylation is 2. The molecular weight excluding hydrogens is 404 g/mol. The van der Waals surface area contributed by atoms with Gasteiger partial charge >= 0.3 is 0 Å². The van der Waals surface area contributed by atoms with Crippen molar-refractivity contribution in [2.24, 2.45) is 0 Å². The molecule has 168 valence electrons. The first-order valence-corrected chi connectivity index (χ1v) is 11.1. The van der Waals surface area contributed by atoms with Gasteiger partial charge in [-0.05, 0) is 49.1 Å². The number of benzene rings is 2. The molecule has 1 N–H and O–H groups in total. The Labute approximate surface area is 188 Å². The summed E-state index contributed by atoms with van der Waals surface area (Å²) in [5.41, 5.74) is 2.83. The minimum absolute atomic E-state index is 0.0208. The van der Waals surface area contributed by atoms with Crippen LogP contribution >= 0.6 is 0 Å². The van der Waals surface area contributed by atoms with Gasteiger partial charge < -0.3 is 10.1 Å². The van der Waals surface area contributed by atoms with E-state index in [0.717, 1.165) is 49.3 Å². The first kappa shape index (κ1) is 22.0. The van der Waals surface area contributed by atoms with Crippen LogP contribution in [0.4, 0.5) is 0 Å². The molecule has 0 radical (unpaired) electrons. The number of fused-ring (bicyclic) bond motifs is 1. The quantitative estimate of drug-likeness (QED) is 0.619. The van der Waals surface area contributed by atoms with E-state index in [-0.39, 0.29) is 23.9 Å². The van der Waals surface area contributed by atoms with Gasteiger partial charge in [0.05, 0.1) is 24.3 Å². The molecule has 2 aromatic carbocycles. The number of likely N-dealkylation sites (tertiary alicyclic amines) is 1. The largest absolute Gasteiger partial charge is 0.497 e. The lowest BCUT2D eigenvalue weighted by Crippen LogP contribution is -2.44. The zero-order valence-corrected chi connectivity index (χ0v) is 18.7. The molecule has 1 aromatic heterocycles. The Morgan fingerprint density at radius 1 is 1.19 bits per heavy atom. The van der Waals surface area contributed by atoms with Crippen molar-refractivity contribution in [2.75, 3.05) is 20.2 Å². The second kappa shape index (κ2) is 9.96. The highest BCUT2D eigenvalue weighted by molar-refractivity contribution is 5.80. The topological polar surface area (TPSA) is 76.5 Å². The molecule has 1 fully saturated rings. The molecule has 1 saturated heterocycles. The molecule has 7 heteroatoms. The summed E-state index contributed by atoms with van der Waals surface area (Å²) in [4.78, 5) is 32.0. The molecule has 1 amide bonds. The fourth-order valence-corrected chi connectivity index (χ4v) is 4.28. The number of nitrogens with zero attached hydrogens (tertiary/aromatic N) is 3. The number of carbonyl (C=O) groups is 1. The van der Waals surface area contributed by atoms with Crippen molar-refractivity contribution in [2.45, 2.75) is 45.3 Å². The van der Waals surface area contributed by atoms with E-state index >= 15 is 0 Å². The lowest BCUT2D eigenvalue weighted by molar-refractivity contribution is -0.122. The summed E-state index contributed by atoms with van der Waals surface area (Å²) in [5.74, 6) is 0.855. The van der Waals surface area contributed by atoms with E-state index in [1.165, 1.54) is 10.1 Å². The number of hydrogen-bond donors (Lipinski definition) is 1. The number of amides is 1. The van der Waals surface area contributed by atoms with Gasteiger partial charge in [0.15, 0.2) is 0 Å². The Kier molecular flexibility index (Phi) is 6.85. The zero-order chi connectivity index (χ0) is 22.5. The monoisotopic (exact) mass is 434 g/mol. The number of para-hydroxylation sites is 1. The summed E-state index contributed by atoms with van der Waals surface area (Å²) in [5, 5.41) is 3.73. The number of hydrogen-bond acceptors (Lipinski definition) is 5. The molecule has 1 aliphatic heterocycles. The van der Waals surface area contributed by atoms with Crippen molar-refractivity contribution in [3.8, 4) is 5.75 Å². The van der Waals surface area contributed by atoms with Gasteiger partial charge in [-0.25, -0.2) is 4.98 Å². The highest BCUT2D eigenvalue weighted by Gasteiger charge is 2.21. The maximum absolute atomic E-state index is 12.7. The molecule has 0 bridgehead atoms. The second-order valence-electron chi connectivity index (χ2n) is 8.43. The van der Waals surface area contributed by atoms with Gasteiger partial charge in [-0.15, -0.1) is 0 Å². The maximum Gasteiger partial charge on any atom is 0.261 e. The summed E-state index contributed by atoms with van der Waals surface area (Å²) < 4.78 is 6.83. The lowest BCUT2D eigenvalue weighted by atomic mass is 10.0. The molecule has 1 aliphatic rings. The van der Waals surface area contributed by atoms with E-state index in [1.807, 2.05) is 31.2 Å². The van der Waals surface area contributed by atoms with E-state index in [4.69, 9.17) is 4.74 Å². The van der Waals surface area contributed by atoms with E-state index in [2.05, 4.69) is 27.3 Å². The molecule has 2 heterocycles. The van der Waals surface area contributed by atoms with Gasteiger partial charge in [0, 0.05) is 38.6 Å². The fraction of sp³-hybridized carbons (Fsp3) is 0.400. The van der Waals surface area contributed by atoms with Crippen LogP contribution in [0, 0.1) is 6.92 Å². The van der Waals surface area contributed by atoms with Crippen LogP contribution in [-0.4, -0.2) is 46.6 Å². The predicted octanol–water partition coefficient (Wildman–Crippen LogP) is 2.88. The third-order valence-corrected chi connectivity index (χ3v) is 6.13. The Morgan fingerprint density at radius 2 is 1.97 bits per heavy atom. The van der Waals surface area contributed by atoms with Crippen molar-refractivity contribution in [1.82, 2.24) is 19.8 Å². The number of piperidine rings is 1. The normalized spacial score (nSPS) is 15.1. The van der Waals surface area contributed by atoms with Crippen molar-refractivity contribution >= 4 is 16.8 Å². The van der Waals surface area contributed by atoms with Crippen molar-refractivity contribution < 1.29 is 9.53 Å². The Morgan fingerprint density at radius 3 is 2.75 bits per heavy atom. The predicted molar refractivity (Wildman–Crippen MR) is 125 cm³/mol. The maximum atomic E-state index is 12.7. The van der Waals surface area contributed by atoms with E-state index in [0.29, 0.717) is 11.9 Å². The highest BCUT2D eigenvalue weighted by Crippen LogP contribution is 2.18. The molecule has 0 unspecified atom stereocenters. The summed E-state index contributed by atoms with van der Waals surface area (Å²) >= 11 is 0. The molecular formula is C25H30N4O3. The average Bonchev–Trinajstić information content (AvgIpc) is 2.80. The Balaban J connectivity index is 1.25. The SMILES string of the molecule is COc1cccc(CN2CCC(NC(=O)CCn3cnc4c(C)cccc4c3=O)CC2)c1. The van der Waals surface area contributed by atoms with Gasteiger partial charge in [0.25, 0.3) is 5.56 Å². The first-order valence-electron chi connectivity index (χ1n) is 11.1. The van der Waals surface area contributed by atoms with Gasteiger partial charge in [-0.3, -0.25) is 19.1 Å². The molecule has 0 atom stereocenters. The van der Waals surface area contributed by atoms with Gasteiger partial charge in [-0.2, -0.15) is 0 Å². The number of nitrogens with one attached hydrogen (secondary N) is 1. The van der Waals surface area contributed by atoms with Crippen molar-refractivity contribution in [3.05, 3.63) is 70.3 Å². The van der Waals surface area contributed by atoms with Crippen LogP contribution < -0.4 is 15.6 Å². The molecule has 7 nitrogen and oxygen atoms in total. The lowest BCUT2D eigenvalue weighted by Gasteiger charge is -2.32. The number of rotatable bonds is 7. The molecule has 4 rings (SSSR count). The Hall–Kier alpha value is -3.19. The summed E-state index contributed by atoms with van der Waals surface area (Å²) in [6.45, 7) is 5.03. The fourth-order valence-electron chi connectivity index (χ4n) is 4.28. The molecule has 0 spiro atoms. The molecule has 32 heavy (non-hydrogen) atoms. The number of ether oxygens (including phenoxy) is 1. The minimum atomic E-state index is -0.0997. The molecule has 0 aliphatic carbocycles. The Bertz CT molecular complexity index is 1150. The third-order valence-electron chi connectivity index (χ3n) is 6.13. The number of aromatic nitrogens is 2. The third kappa shape index (κ3) is 5.16.